The van der Waals surface area contributed by atoms with E-state index in [1.807, 2.05) is 24.3 Å². The molecule has 0 atom stereocenters. The summed E-state index contributed by atoms with van der Waals surface area (Å²) in [6.45, 7) is 10.0. The van der Waals surface area contributed by atoms with Crippen molar-refractivity contribution in [3.8, 4) is 0 Å². The van der Waals surface area contributed by atoms with Crippen LogP contribution in [0.25, 0.3) is 0 Å². The highest BCUT2D eigenvalue weighted by Gasteiger charge is 2.12. The van der Waals surface area contributed by atoms with Gasteiger partial charge in [0.05, 0.1) is 12.3 Å². The molecular weight excluding hydrogens is 364 g/mol. The zero-order chi connectivity index (χ0) is 20.7. The van der Waals surface area contributed by atoms with Gasteiger partial charge in [0.1, 0.15) is 6.54 Å². The molecule has 0 saturated carbocycles. The van der Waals surface area contributed by atoms with Crippen LogP contribution in [0.2, 0.25) is 0 Å². The first-order chi connectivity index (χ1) is 14.3. The Morgan fingerprint density at radius 2 is 1.90 bits per heavy atom. The molecule has 1 aromatic heterocycles. The number of aromatic nitrogens is 1. The fraction of sp³-hybridized carbons (Fsp3) is 0.565. The van der Waals surface area contributed by atoms with Crippen molar-refractivity contribution in [1.82, 2.24) is 15.8 Å². The maximum atomic E-state index is 5.73. The Balaban J connectivity index is 1.67. The van der Waals surface area contributed by atoms with Crippen molar-refractivity contribution in [2.75, 3.05) is 19.7 Å². The smallest absolute Gasteiger partial charge is 0.191 e. The molecule has 0 saturated heterocycles. The number of nitrogens with zero attached hydrogens (tertiary/aromatic N) is 2. The average molecular weight is 401 g/mol. The molecule has 2 N–H and O–H groups in total. The lowest BCUT2D eigenvalue weighted by Crippen LogP contribution is -2.37. The molecule has 0 bridgehead atoms. The SMILES string of the molecule is CCNC(=NCc1cc(C(CC)CC)no1)NCCCCOCc1ccccc1. The molecule has 29 heavy (non-hydrogen) atoms. The molecule has 1 heterocycles. The first-order valence-corrected chi connectivity index (χ1v) is 10.9. The van der Waals surface area contributed by atoms with Gasteiger partial charge >= 0.3 is 0 Å². The number of rotatable bonds is 13. The van der Waals surface area contributed by atoms with Crippen LogP contribution in [0, 0.1) is 0 Å². The zero-order valence-electron chi connectivity index (χ0n) is 18.1. The molecule has 2 aromatic rings. The molecule has 2 rings (SSSR count). The number of hydrogen-bond acceptors (Lipinski definition) is 4. The van der Waals surface area contributed by atoms with Crippen LogP contribution in [0.3, 0.4) is 0 Å². The van der Waals surface area contributed by atoms with E-state index in [1.54, 1.807) is 0 Å². The number of aliphatic imine (C=N–C) groups is 1. The van der Waals surface area contributed by atoms with Gasteiger partial charge in [0.2, 0.25) is 0 Å². The van der Waals surface area contributed by atoms with Crippen LogP contribution in [-0.4, -0.2) is 30.8 Å². The first kappa shape index (κ1) is 22.9. The van der Waals surface area contributed by atoms with Gasteiger partial charge in [-0.1, -0.05) is 49.3 Å². The summed E-state index contributed by atoms with van der Waals surface area (Å²) >= 11 is 0. The van der Waals surface area contributed by atoms with Gasteiger partial charge in [0.25, 0.3) is 0 Å². The number of guanidine groups is 1. The zero-order valence-corrected chi connectivity index (χ0v) is 18.1. The summed E-state index contributed by atoms with van der Waals surface area (Å²) in [6, 6.07) is 12.3. The van der Waals surface area contributed by atoms with Gasteiger partial charge in [-0.25, -0.2) is 4.99 Å². The lowest BCUT2D eigenvalue weighted by Gasteiger charge is -2.11. The molecule has 0 fully saturated rings. The van der Waals surface area contributed by atoms with Gasteiger partial charge in [0.15, 0.2) is 11.7 Å². The molecule has 1 aromatic carbocycles. The van der Waals surface area contributed by atoms with Crippen molar-refractivity contribution in [3.05, 3.63) is 53.4 Å². The summed E-state index contributed by atoms with van der Waals surface area (Å²) in [4.78, 5) is 4.61. The number of benzene rings is 1. The van der Waals surface area contributed by atoms with E-state index in [-0.39, 0.29) is 0 Å². The average Bonchev–Trinajstić information content (AvgIpc) is 3.21. The van der Waals surface area contributed by atoms with E-state index in [0.29, 0.717) is 19.1 Å². The third-order valence-electron chi connectivity index (χ3n) is 4.84. The fourth-order valence-corrected chi connectivity index (χ4v) is 3.10. The van der Waals surface area contributed by atoms with Crippen molar-refractivity contribution in [1.29, 1.82) is 0 Å². The monoisotopic (exact) mass is 400 g/mol. The quantitative estimate of drug-likeness (QED) is 0.291. The molecule has 0 spiro atoms. The van der Waals surface area contributed by atoms with E-state index in [2.05, 4.69) is 53.7 Å². The Labute approximate surface area is 175 Å². The van der Waals surface area contributed by atoms with Crippen LogP contribution < -0.4 is 10.6 Å². The molecule has 160 valence electrons. The Morgan fingerprint density at radius 3 is 2.62 bits per heavy atom. The standard InChI is InChI=1S/C23H36N4O2/c1-4-20(5-2)22-16-21(29-27-22)17-26-23(24-6-3)25-14-10-11-15-28-18-19-12-8-7-9-13-19/h7-9,12-13,16,20H,4-6,10-11,14-15,17-18H2,1-3H3,(H2,24,25,26). The van der Waals surface area contributed by atoms with Crippen molar-refractivity contribution in [2.45, 2.75) is 65.5 Å². The number of nitrogens with one attached hydrogen (secondary N) is 2. The first-order valence-electron chi connectivity index (χ1n) is 10.9. The number of ether oxygens (including phenoxy) is 1. The molecule has 0 amide bonds. The second-order valence-corrected chi connectivity index (χ2v) is 7.10. The van der Waals surface area contributed by atoms with Crippen molar-refractivity contribution in [2.24, 2.45) is 4.99 Å². The minimum Gasteiger partial charge on any atom is -0.377 e. The highest BCUT2D eigenvalue weighted by atomic mass is 16.5. The van der Waals surface area contributed by atoms with Crippen LogP contribution in [0.1, 0.15) is 69.4 Å². The highest BCUT2D eigenvalue weighted by Crippen LogP contribution is 2.22. The van der Waals surface area contributed by atoms with E-state index >= 15 is 0 Å². The van der Waals surface area contributed by atoms with Crippen LogP contribution in [-0.2, 0) is 17.9 Å². The Hall–Kier alpha value is -2.34. The second-order valence-electron chi connectivity index (χ2n) is 7.10. The Kier molecular flexibility index (Phi) is 10.9. The lowest BCUT2D eigenvalue weighted by molar-refractivity contribution is 0.117. The maximum Gasteiger partial charge on any atom is 0.191 e. The summed E-state index contributed by atoms with van der Waals surface area (Å²) < 4.78 is 11.2. The molecule has 0 aliphatic carbocycles. The number of hydrogen-bond donors (Lipinski definition) is 2. The Morgan fingerprint density at radius 1 is 1.10 bits per heavy atom. The molecule has 6 nitrogen and oxygen atoms in total. The lowest BCUT2D eigenvalue weighted by atomic mass is 9.99. The van der Waals surface area contributed by atoms with Gasteiger partial charge in [-0.2, -0.15) is 0 Å². The molecule has 0 aliphatic rings. The third-order valence-corrected chi connectivity index (χ3v) is 4.84. The largest absolute Gasteiger partial charge is 0.377 e. The Bertz CT molecular complexity index is 696. The maximum absolute atomic E-state index is 5.73. The third kappa shape index (κ3) is 8.69. The van der Waals surface area contributed by atoms with E-state index in [1.165, 1.54) is 5.56 Å². The summed E-state index contributed by atoms with van der Waals surface area (Å²) in [5.41, 5.74) is 2.25. The van der Waals surface area contributed by atoms with E-state index in [4.69, 9.17) is 9.26 Å². The molecular formula is C23H36N4O2. The van der Waals surface area contributed by atoms with Crippen molar-refractivity contribution >= 4 is 5.96 Å². The molecule has 6 heteroatoms. The van der Waals surface area contributed by atoms with Crippen LogP contribution in [0.15, 0.2) is 45.9 Å². The minimum absolute atomic E-state index is 0.465. The van der Waals surface area contributed by atoms with E-state index < -0.39 is 0 Å². The predicted octanol–water partition coefficient (Wildman–Crippen LogP) is 4.63. The van der Waals surface area contributed by atoms with Gasteiger partial charge < -0.3 is 19.9 Å². The summed E-state index contributed by atoms with van der Waals surface area (Å²) in [7, 11) is 0. The number of unbranched alkanes of at least 4 members (excludes halogenated alkanes) is 1. The molecule has 0 unspecified atom stereocenters. The van der Waals surface area contributed by atoms with Crippen LogP contribution in [0.5, 0.6) is 0 Å². The summed E-state index contributed by atoms with van der Waals surface area (Å²) in [5, 5.41) is 10.9. The predicted molar refractivity (Wildman–Crippen MR) is 118 cm³/mol. The normalized spacial score (nSPS) is 11.8. The highest BCUT2D eigenvalue weighted by molar-refractivity contribution is 5.79. The molecule has 0 radical (unpaired) electrons. The summed E-state index contributed by atoms with van der Waals surface area (Å²) in [5.74, 6) is 2.07. The van der Waals surface area contributed by atoms with Crippen LogP contribution >= 0.6 is 0 Å². The van der Waals surface area contributed by atoms with Gasteiger partial charge in [-0.05, 0) is 38.2 Å². The fourth-order valence-electron chi connectivity index (χ4n) is 3.10. The van der Waals surface area contributed by atoms with Crippen molar-refractivity contribution in [3.63, 3.8) is 0 Å². The van der Waals surface area contributed by atoms with Gasteiger partial charge in [0, 0.05) is 31.7 Å². The second kappa shape index (κ2) is 13.8. The van der Waals surface area contributed by atoms with Crippen molar-refractivity contribution < 1.29 is 9.26 Å². The van der Waals surface area contributed by atoms with Gasteiger partial charge in [-0.15, -0.1) is 0 Å². The van der Waals surface area contributed by atoms with Gasteiger partial charge in [-0.3, -0.25) is 0 Å². The van der Waals surface area contributed by atoms with E-state index in [9.17, 15) is 0 Å². The minimum atomic E-state index is 0.465. The van der Waals surface area contributed by atoms with E-state index in [0.717, 1.165) is 62.8 Å². The summed E-state index contributed by atoms with van der Waals surface area (Å²) in [6.07, 6.45) is 4.19. The van der Waals surface area contributed by atoms with Crippen LogP contribution in [0.4, 0.5) is 0 Å². The molecule has 0 aliphatic heterocycles. The topological polar surface area (TPSA) is 71.7 Å².